The summed E-state index contributed by atoms with van der Waals surface area (Å²) in [6, 6.07) is -1.77. The molecule has 9 saturated heterocycles. The Kier molecular flexibility index (Phi) is 30.2. The molecule has 29 N–H and O–H groups in total. The number of ether oxygens (including phenoxy) is 17. The van der Waals surface area contributed by atoms with Crippen molar-refractivity contribution >= 4 is 5.91 Å². The number of rotatable bonds is 26. The molecule has 9 fully saturated rings. The van der Waals surface area contributed by atoms with Gasteiger partial charge in [-0.1, -0.05) is 0 Å². The number of aliphatic hydroxyl groups excluding tert-OH is 28. The van der Waals surface area contributed by atoms with Crippen molar-refractivity contribution in [1.82, 2.24) is 5.32 Å². The minimum atomic E-state index is -2.52. The van der Waals surface area contributed by atoms with Crippen molar-refractivity contribution in [2.75, 3.05) is 59.5 Å². The van der Waals surface area contributed by atoms with Crippen molar-refractivity contribution < 1.29 is 228 Å². The summed E-state index contributed by atoms with van der Waals surface area (Å²) in [5, 5.41) is 308. The van der Waals surface area contributed by atoms with E-state index in [1.807, 2.05) is 0 Å². The van der Waals surface area contributed by atoms with Crippen LogP contribution in [0.1, 0.15) is 6.92 Å². The fourth-order valence-electron chi connectivity index (χ4n) is 13.1. The Morgan fingerprint density at radius 1 is 0.252 bits per heavy atom. The van der Waals surface area contributed by atoms with Crippen molar-refractivity contribution in [3.05, 3.63) is 0 Å². The summed E-state index contributed by atoms with van der Waals surface area (Å²) in [4.78, 5) is 12.3. The van der Waals surface area contributed by atoms with Gasteiger partial charge in [0.1, 0.15) is 220 Å². The molecular weight excluding hydrogens is 1420 g/mol. The Balaban J connectivity index is 1.04. The minimum Gasteiger partial charge on any atom is -0.394 e. The minimum absolute atomic E-state index is 0.855. The van der Waals surface area contributed by atoms with E-state index in [2.05, 4.69) is 5.32 Å². The van der Waals surface area contributed by atoms with Crippen molar-refractivity contribution in [3.8, 4) is 0 Å². The Hall–Kier alpha value is -2.33. The van der Waals surface area contributed by atoms with Gasteiger partial charge >= 0.3 is 0 Å². The van der Waals surface area contributed by atoms with Crippen LogP contribution in [0.4, 0.5) is 0 Å². The first-order valence-corrected chi connectivity index (χ1v) is 32.7. The van der Waals surface area contributed by atoms with E-state index in [9.17, 15) is 148 Å². The van der Waals surface area contributed by atoms with Gasteiger partial charge in [0.25, 0.3) is 0 Å². The third-order valence-electron chi connectivity index (χ3n) is 19.1. The lowest BCUT2D eigenvalue weighted by molar-refractivity contribution is -0.407. The highest BCUT2D eigenvalue weighted by atomic mass is 16.8. The number of nitrogens with one attached hydrogen (secondary N) is 1. The van der Waals surface area contributed by atoms with Crippen LogP contribution in [0.15, 0.2) is 0 Å². The molecule has 9 heterocycles. The summed E-state index contributed by atoms with van der Waals surface area (Å²) in [5.74, 6) is -0.855. The average molecular weight is 1520 g/mol. The molecule has 0 radical (unpaired) electrons. The number of hydrogen-bond donors (Lipinski definition) is 29. The lowest BCUT2D eigenvalue weighted by atomic mass is 9.94. The van der Waals surface area contributed by atoms with Crippen LogP contribution in [0.25, 0.3) is 0 Å². The van der Waals surface area contributed by atoms with E-state index in [1.54, 1.807) is 0 Å². The second kappa shape index (κ2) is 36.7. The number of carbonyl (C=O) groups is 1. The van der Waals surface area contributed by atoms with Crippen LogP contribution in [-0.2, 0) is 85.3 Å². The van der Waals surface area contributed by atoms with Gasteiger partial charge in [0, 0.05) is 6.92 Å². The molecule has 0 spiro atoms. The normalized spacial score (nSPS) is 52.4. The van der Waals surface area contributed by atoms with Gasteiger partial charge in [-0.2, -0.15) is 0 Å². The van der Waals surface area contributed by atoms with Crippen molar-refractivity contribution in [3.63, 3.8) is 0 Å². The van der Waals surface area contributed by atoms with Crippen molar-refractivity contribution in [1.29, 1.82) is 0 Å². The van der Waals surface area contributed by atoms with E-state index in [4.69, 9.17) is 80.5 Å². The SMILES string of the molecule is CC(=O)N[C@@H]1[C@@H](O)[C@H](O[C@H]2O[C@H](CO[C@H]3O[C@H](CO[C@H]4O[C@H](CO)[C@@H](O)[C@H](O)[C@@H]4O[C@H]4O[C@H](CO)[C@@H](O)[C@H](O)[C@@H]4O)[C@@H](O)[C@H](O[C@H]4O[C@H](CO)[C@@H](O)[C@H](O)[C@@H]4O)[C@@H]3O)[C@@H](O)[C@H](O[C@H]3O[C@H](CO)[C@@H](O)[C@H](O)[C@@H]3O[C@H]3O[C@H](CO)[C@@H](O)[C@H](O)[C@@H]3O[C@H]3O[C@H](CO)[C@@H](O)[C@H](O)[C@@H]3O)[C@@H]2O)[C@@H](CO)O[C@H]1O. The number of hydrogen-bond acceptors (Lipinski definition) is 46. The molecule has 0 saturated carbocycles. The molecule has 47 nitrogen and oxygen atoms in total. The van der Waals surface area contributed by atoms with Crippen molar-refractivity contribution in [2.45, 2.75) is 283 Å². The molecule has 45 atom stereocenters. The molecule has 0 aromatic heterocycles. The van der Waals surface area contributed by atoms with Gasteiger partial charge in [0.15, 0.2) is 56.6 Å². The molecule has 0 aliphatic carbocycles. The lowest BCUT2D eigenvalue weighted by Crippen LogP contribution is -2.69. The summed E-state index contributed by atoms with van der Waals surface area (Å²) in [6.07, 6.45) is -93.2. The van der Waals surface area contributed by atoms with Crippen LogP contribution in [0.5, 0.6) is 0 Å². The number of aliphatic hydroxyl groups is 28. The summed E-state index contributed by atoms with van der Waals surface area (Å²) in [6.45, 7) is -8.74. The Labute approximate surface area is 581 Å². The second-order valence-electron chi connectivity index (χ2n) is 26.0. The molecule has 9 aliphatic heterocycles. The van der Waals surface area contributed by atoms with E-state index in [-0.39, 0.29) is 0 Å². The number of carbonyl (C=O) groups excluding carboxylic acids is 1. The Morgan fingerprint density at radius 2 is 0.515 bits per heavy atom. The van der Waals surface area contributed by atoms with Crippen LogP contribution < -0.4 is 5.32 Å². The third-order valence-corrected chi connectivity index (χ3v) is 19.1. The topological polar surface area (TPSA) is 752 Å². The van der Waals surface area contributed by atoms with Gasteiger partial charge in [-0.05, 0) is 0 Å². The molecule has 9 aliphatic rings. The van der Waals surface area contributed by atoms with Crippen LogP contribution in [0.3, 0.4) is 0 Å². The van der Waals surface area contributed by atoms with E-state index in [1.165, 1.54) is 0 Å². The number of amides is 1. The van der Waals surface area contributed by atoms with Gasteiger partial charge in [-0.3, -0.25) is 4.79 Å². The molecule has 0 aromatic carbocycles. The van der Waals surface area contributed by atoms with E-state index in [0.29, 0.717) is 0 Å². The molecule has 47 heteroatoms. The lowest BCUT2D eigenvalue weighted by Gasteiger charge is -2.50. The summed E-state index contributed by atoms with van der Waals surface area (Å²) in [5.41, 5.74) is 0. The van der Waals surface area contributed by atoms with Gasteiger partial charge in [-0.15, -0.1) is 0 Å². The maximum absolute atomic E-state index is 12.4. The first-order chi connectivity index (χ1) is 48.8. The van der Waals surface area contributed by atoms with E-state index in [0.717, 1.165) is 6.92 Å². The first kappa shape index (κ1) is 84.7. The highest BCUT2D eigenvalue weighted by Gasteiger charge is 2.60. The highest BCUT2D eigenvalue weighted by molar-refractivity contribution is 5.73. The second-order valence-corrected chi connectivity index (χ2v) is 26.0. The quantitative estimate of drug-likeness (QED) is 0.0382. The molecule has 1 amide bonds. The van der Waals surface area contributed by atoms with Crippen LogP contribution in [0, 0.1) is 0 Å². The average Bonchev–Trinajstić information content (AvgIpc) is 0.775. The fraction of sp³-hybridized carbons (Fsp3) is 0.982. The molecule has 103 heavy (non-hydrogen) atoms. The van der Waals surface area contributed by atoms with Gasteiger partial charge in [-0.25, -0.2) is 0 Å². The van der Waals surface area contributed by atoms with Gasteiger partial charge in [0.2, 0.25) is 5.91 Å². The summed E-state index contributed by atoms with van der Waals surface area (Å²) in [7, 11) is 0. The predicted molar refractivity (Wildman–Crippen MR) is 309 cm³/mol. The van der Waals surface area contributed by atoms with Crippen LogP contribution in [-0.4, -0.2) is 485 Å². The van der Waals surface area contributed by atoms with Crippen LogP contribution >= 0.6 is 0 Å². The van der Waals surface area contributed by atoms with E-state index >= 15 is 0 Å². The predicted octanol–water partition coefficient (Wildman–Crippen LogP) is -20.5. The summed E-state index contributed by atoms with van der Waals surface area (Å²) < 4.78 is 98.3. The van der Waals surface area contributed by atoms with Gasteiger partial charge in [0.05, 0.1) is 59.5 Å². The first-order valence-electron chi connectivity index (χ1n) is 32.7. The summed E-state index contributed by atoms with van der Waals surface area (Å²) >= 11 is 0. The van der Waals surface area contributed by atoms with Gasteiger partial charge < -0.3 is 229 Å². The van der Waals surface area contributed by atoms with Crippen LogP contribution in [0.2, 0.25) is 0 Å². The molecule has 0 aromatic rings. The Morgan fingerprint density at radius 3 is 0.883 bits per heavy atom. The fourth-order valence-corrected chi connectivity index (χ4v) is 13.1. The maximum atomic E-state index is 12.4. The zero-order chi connectivity index (χ0) is 75.6. The third kappa shape index (κ3) is 18.0. The largest absolute Gasteiger partial charge is 0.394 e. The molecule has 0 unspecified atom stereocenters. The molecule has 9 rings (SSSR count). The standard InChI is InChI=1S/C56H95NO46/c1-11(65)57-21-30(74)42(18(8-64)89-48(21)86)98-53-41(85)44(100-55-47(36(80)27(71)16(6-62)94-55)103-56-46(35(79)26(70)17(7-63)95-56)102-52-39(83)33(77)24(68)14(4-60)92-52)29(73)20(97-53)9-87-49-40(84)43(99-50-37(81)31(75)22(66)12(2-58)90-50)28(72)19(96-49)10-88-54-45(34(78)25(69)15(5-61)93-54)101-51-38(82)32(76)23(67)13(3-59)91-51/h12-56,58-64,66-86H,2-10H2,1H3,(H,57,65)/t12-,13-,14-,15-,16-,17-,18-,19-,20-,21-,22-,23-,24-,25-,26-,27-,28-,29-,30-,31+,32+,33+,34+,35+,36+,37+,38+,39+,40+,41+,42-,43+,44+,45+,46+,47+,48-,49+,50-,51-,52-,53-,54+,55-,56-/m1/s1. The van der Waals surface area contributed by atoms with E-state index < -0.39 is 342 Å². The smallest absolute Gasteiger partial charge is 0.217 e. The zero-order valence-corrected chi connectivity index (χ0v) is 54.2. The highest BCUT2D eigenvalue weighted by Crippen LogP contribution is 2.39. The van der Waals surface area contributed by atoms with Crippen molar-refractivity contribution in [2.24, 2.45) is 0 Å². The Bertz CT molecular complexity index is 2580. The zero-order valence-electron chi connectivity index (χ0n) is 54.2. The molecular formula is C56H95NO46. The molecule has 600 valence electrons. The molecule has 0 bridgehead atoms. The maximum Gasteiger partial charge on any atom is 0.217 e. The monoisotopic (exact) mass is 1520 g/mol.